The Balaban J connectivity index is 1.62. The normalized spacial score (nSPS) is 17.1. The van der Waals surface area contributed by atoms with E-state index in [4.69, 9.17) is 13.9 Å². The van der Waals surface area contributed by atoms with Gasteiger partial charge >= 0.3 is 5.97 Å². The number of esters is 1. The average molecular weight is 252 g/mol. The Hall–Kier alpha value is -1.59. The van der Waals surface area contributed by atoms with Gasteiger partial charge in [-0.2, -0.15) is 0 Å². The molecule has 0 aliphatic carbocycles. The lowest BCUT2D eigenvalue weighted by Crippen LogP contribution is -3.14. The Morgan fingerprint density at radius 2 is 2.28 bits per heavy atom. The third-order valence-electron chi connectivity index (χ3n) is 2.83. The van der Waals surface area contributed by atoms with E-state index in [1.165, 1.54) is 11.0 Å². The minimum absolute atomic E-state index is 0.334. The van der Waals surface area contributed by atoms with Crippen LogP contribution in [0.1, 0.15) is 5.76 Å². The molecule has 0 amide bonds. The summed E-state index contributed by atoms with van der Waals surface area (Å²) < 4.78 is 15.4. The van der Waals surface area contributed by atoms with Gasteiger partial charge in [0.2, 0.25) is 0 Å². The summed E-state index contributed by atoms with van der Waals surface area (Å²) in [5, 5.41) is 0. The maximum Gasteiger partial charge on any atom is 0.331 e. The Morgan fingerprint density at radius 1 is 1.44 bits per heavy atom. The summed E-state index contributed by atoms with van der Waals surface area (Å²) in [6.07, 6.45) is 4.55. The van der Waals surface area contributed by atoms with Crippen molar-refractivity contribution in [3.05, 3.63) is 30.2 Å². The van der Waals surface area contributed by atoms with Gasteiger partial charge in [0.15, 0.2) is 0 Å². The molecule has 5 heteroatoms. The van der Waals surface area contributed by atoms with Crippen molar-refractivity contribution in [2.75, 3.05) is 39.5 Å². The first kappa shape index (κ1) is 12.9. The van der Waals surface area contributed by atoms with E-state index < -0.39 is 0 Å². The van der Waals surface area contributed by atoms with Gasteiger partial charge in [-0.05, 0) is 18.2 Å². The second kappa shape index (κ2) is 6.98. The molecule has 2 rings (SSSR count). The fourth-order valence-electron chi connectivity index (χ4n) is 1.79. The highest BCUT2D eigenvalue weighted by Gasteiger charge is 2.13. The molecule has 98 valence electrons. The van der Waals surface area contributed by atoms with E-state index in [-0.39, 0.29) is 5.97 Å². The van der Waals surface area contributed by atoms with Gasteiger partial charge in [0.05, 0.1) is 19.5 Å². The molecule has 1 aromatic rings. The molecule has 18 heavy (non-hydrogen) atoms. The quantitative estimate of drug-likeness (QED) is 0.580. The maximum atomic E-state index is 11.4. The Kier molecular flexibility index (Phi) is 4.99. The standard InChI is InChI=1S/C13H17NO4/c15-13(4-3-12-2-1-8-17-12)18-11-7-14-5-9-16-10-6-14/h1-4,8H,5-7,9-11H2/p+1. The zero-order chi connectivity index (χ0) is 12.6. The number of morpholine rings is 1. The Bertz CT molecular complexity index is 380. The van der Waals surface area contributed by atoms with Crippen molar-refractivity contribution >= 4 is 12.0 Å². The molecule has 0 bridgehead atoms. The Labute approximate surface area is 106 Å². The SMILES string of the molecule is O=C(C=Cc1ccco1)OCC[NH+]1CCOCC1. The number of ether oxygens (including phenoxy) is 2. The minimum atomic E-state index is -0.334. The summed E-state index contributed by atoms with van der Waals surface area (Å²) in [5.41, 5.74) is 0. The second-order valence-corrected chi connectivity index (χ2v) is 4.13. The zero-order valence-electron chi connectivity index (χ0n) is 10.3. The van der Waals surface area contributed by atoms with Crippen LogP contribution in [0.2, 0.25) is 0 Å². The van der Waals surface area contributed by atoms with E-state index in [1.54, 1.807) is 24.5 Å². The van der Waals surface area contributed by atoms with E-state index in [2.05, 4.69) is 0 Å². The van der Waals surface area contributed by atoms with Gasteiger partial charge in [-0.25, -0.2) is 4.79 Å². The van der Waals surface area contributed by atoms with E-state index in [9.17, 15) is 4.79 Å². The molecular formula is C13H18NO4+. The third kappa shape index (κ3) is 4.35. The number of hydrogen-bond donors (Lipinski definition) is 1. The van der Waals surface area contributed by atoms with Crippen molar-refractivity contribution in [1.29, 1.82) is 0 Å². The van der Waals surface area contributed by atoms with Crippen LogP contribution in [0.4, 0.5) is 0 Å². The summed E-state index contributed by atoms with van der Waals surface area (Å²) in [6.45, 7) is 4.84. The molecule has 0 aromatic carbocycles. The van der Waals surface area contributed by atoms with Crippen LogP contribution >= 0.6 is 0 Å². The average Bonchev–Trinajstić information content (AvgIpc) is 2.91. The number of furan rings is 1. The molecule has 0 saturated carbocycles. The fraction of sp³-hybridized carbons (Fsp3) is 0.462. The number of nitrogens with one attached hydrogen (secondary N) is 1. The van der Waals surface area contributed by atoms with Crippen molar-refractivity contribution < 1.29 is 23.6 Å². The van der Waals surface area contributed by atoms with Crippen LogP contribution in [0.5, 0.6) is 0 Å². The first-order chi connectivity index (χ1) is 8.84. The lowest BCUT2D eigenvalue weighted by atomic mass is 10.4. The van der Waals surface area contributed by atoms with Gasteiger partial charge in [-0.15, -0.1) is 0 Å². The highest BCUT2D eigenvalue weighted by Crippen LogP contribution is 2.02. The topological polar surface area (TPSA) is 53.1 Å². The number of hydrogen-bond acceptors (Lipinski definition) is 4. The first-order valence-corrected chi connectivity index (χ1v) is 6.14. The second-order valence-electron chi connectivity index (χ2n) is 4.13. The van der Waals surface area contributed by atoms with Gasteiger partial charge < -0.3 is 18.8 Å². The van der Waals surface area contributed by atoms with Crippen molar-refractivity contribution in [1.82, 2.24) is 0 Å². The lowest BCUT2D eigenvalue weighted by molar-refractivity contribution is -0.908. The minimum Gasteiger partial charge on any atom is -0.465 e. The molecule has 0 atom stereocenters. The van der Waals surface area contributed by atoms with E-state index in [0.29, 0.717) is 12.4 Å². The molecular weight excluding hydrogens is 234 g/mol. The highest BCUT2D eigenvalue weighted by atomic mass is 16.5. The molecule has 2 heterocycles. The van der Waals surface area contributed by atoms with E-state index >= 15 is 0 Å². The van der Waals surface area contributed by atoms with Gasteiger partial charge in [-0.3, -0.25) is 0 Å². The Morgan fingerprint density at radius 3 is 3.00 bits per heavy atom. The summed E-state index contributed by atoms with van der Waals surface area (Å²) in [7, 11) is 0. The molecule has 1 aliphatic heterocycles. The molecule has 0 spiro atoms. The van der Waals surface area contributed by atoms with Crippen LogP contribution in [-0.2, 0) is 14.3 Å². The summed E-state index contributed by atoms with van der Waals surface area (Å²) in [5.74, 6) is 0.310. The smallest absolute Gasteiger partial charge is 0.331 e. The van der Waals surface area contributed by atoms with Gasteiger partial charge in [0, 0.05) is 6.08 Å². The predicted octanol–water partition coefficient (Wildman–Crippen LogP) is -0.249. The van der Waals surface area contributed by atoms with Crippen LogP contribution < -0.4 is 4.90 Å². The van der Waals surface area contributed by atoms with Crippen LogP contribution in [-0.4, -0.2) is 45.4 Å². The summed E-state index contributed by atoms with van der Waals surface area (Å²) >= 11 is 0. The highest BCUT2D eigenvalue weighted by molar-refractivity contribution is 5.86. The predicted molar refractivity (Wildman–Crippen MR) is 65.1 cm³/mol. The van der Waals surface area contributed by atoms with Crippen molar-refractivity contribution in [2.24, 2.45) is 0 Å². The van der Waals surface area contributed by atoms with Gasteiger partial charge in [0.1, 0.15) is 32.0 Å². The van der Waals surface area contributed by atoms with E-state index in [1.807, 2.05) is 0 Å². The number of rotatable bonds is 5. The summed E-state index contributed by atoms with van der Waals surface area (Å²) in [6, 6.07) is 3.55. The van der Waals surface area contributed by atoms with Crippen molar-refractivity contribution in [3.63, 3.8) is 0 Å². The van der Waals surface area contributed by atoms with Crippen LogP contribution in [0.15, 0.2) is 28.9 Å². The number of carbonyl (C=O) groups excluding carboxylic acids is 1. The molecule has 0 radical (unpaired) electrons. The molecule has 1 fully saturated rings. The van der Waals surface area contributed by atoms with E-state index in [0.717, 1.165) is 32.8 Å². The number of quaternary nitrogens is 1. The molecule has 1 N–H and O–H groups in total. The molecule has 1 aromatic heterocycles. The molecule has 0 unspecified atom stereocenters. The van der Waals surface area contributed by atoms with Gasteiger partial charge in [-0.1, -0.05) is 0 Å². The fourth-order valence-corrected chi connectivity index (χ4v) is 1.79. The monoisotopic (exact) mass is 252 g/mol. The molecule has 1 saturated heterocycles. The zero-order valence-corrected chi connectivity index (χ0v) is 10.3. The maximum absolute atomic E-state index is 11.4. The van der Waals surface area contributed by atoms with Crippen LogP contribution in [0.25, 0.3) is 6.08 Å². The third-order valence-corrected chi connectivity index (χ3v) is 2.83. The first-order valence-electron chi connectivity index (χ1n) is 6.14. The van der Waals surface area contributed by atoms with Crippen molar-refractivity contribution in [3.8, 4) is 0 Å². The van der Waals surface area contributed by atoms with Crippen molar-refractivity contribution in [2.45, 2.75) is 0 Å². The molecule has 5 nitrogen and oxygen atoms in total. The lowest BCUT2D eigenvalue weighted by Gasteiger charge is -2.23. The summed E-state index contributed by atoms with van der Waals surface area (Å²) in [4.78, 5) is 12.8. The largest absolute Gasteiger partial charge is 0.465 e. The van der Waals surface area contributed by atoms with Crippen LogP contribution in [0.3, 0.4) is 0 Å². The molecule has 1 aliphatic rings. The van der Waals surface area contributed by atoms with Crippen LogP contribution in [0, 0.1) is 0 Å². The number of carbonyl (C=O) groups is 1. The van der Waals surface area contributed by atoms with Gasteiger partial charge in [0.25, 0.3) is 0 Å².